The third-order valence-electron chi connectivity index (χ3n) is 7.27. The molecule has 132 valence electrons. The maximum Gasteiger partial charge on any atom is 0.305 e. The third kappa shape index (κ3) is 4.31. The van der Waals surface area contributed by atoms with Crippen LogP contribution in [-0.4, -0.2) is 12.1 Å². The van der Waals surface area contributed by atoms with Gasteiger partial charge in [-0.25, -0.2) is 0 Å². The average Bonchev–Trinajstić information content (AvgIpc) is 3.00. The number of fused-ring (bicyclic) bond motifs is 2. The van der Waals surface area contributed by atoms with Crippen molar-refractivity contribution < 1.29 is 9.53 Å². The highest BCUT2D eigenvalue weighted by Gasteiger charge is 2.37. The Balaban J connectivity index is 1.61. The molecule has 0 spiro atoms. The summed E-state index contributed by atoms with van der Waals surface area (Å²) >= 11 is 0. The average molecular weight is 321 g/mol. The van der Waals surface area contributed by atoms with Crippen LogP contribution >= 0.6 is 0 Å². The van der Waals surface area contributed by atoms with Crippen LogP contribution in [-0.2, 0) is 9.53 Å². The van der Waals surface area contributed by atoms with Gasteiger partial charge in [0.15, 0.2) is 0 Å². The van der Waals surface area contributed by atoms with E-state index in [4.69, 9.17) is 4.74 Å². The van der Waals surface area contributed by atoms with Crippen molar-refractivity contribution in [1.29, 1.82) is 0 Å². The molecule has 2 heteroatoms. The van der Waals surface area contributed by atoms with Crippen LogP contribution in [0.15, 0.2) is 0 Å². The van der Waals surface area contributed by atoms with E-state index in [0.29, 0.717) is 6.42 Å². The molecule has 3 saturated carbocycles. The SMILES string of the molecule is CCC(=O)OC1CCC2C(C)CCC3CCCC3CCCC2C1. The summed E-state index contributed by atoms with van der Waals surface area (Å²) in [5.41, 5.74) is 0. The van der Waals surface area contributed by atoms with Crippen molar-refractivity contribution in [3.05, 3.63) is 0 Å². The van der Waals surface area contributed by atoms with E-state index in [-0.39, 0.29) is 12.1 Å². The van der Waals surface area contributed by atoms with Gasteiger partial charge < -0.3 is 4.74 Å². The largest absolute Gasteiger partial charge is 0.462 e. The molecule has 0 N–H and O–H groups in total. The van der Waals surface area contributed by atoms with Crippen LogP contribution in [0.3, 0.4) is 0 Å². The fraction of sp³-hybridized carbons (Fsp3) is 0.952. The van der Waals surface area contributed by atoms with E-state index < -0.39 is 0 Å². The summed E-state index contributed by atoms with van der Waals surface area (Å²) < 4.78 is 5.68. The molecule has 0 amide bonds. The van der Waals surface area contributed by atoms with E-state index >= 15 is 0 Å². The highest BCUT2D eigenvalue weighted by atomic mass is 16.5. The Labute approximate surface area is 142 Å². The zero-order valence-corrected chi connectivity index (χ0v) is 15.3. The van der Waals surface area contributed by atoms with Gasteiger partial charge in [-0.15, -0.1) is 0 Å². The van der Waals surface area contributed by atoms with Crippen LogP contribution < -0.4 is 0 Å². The first-order valence-electron chi connectivity index (χ1n) is 10.4. The van der Waals surface area contributed by atoms with Gasteiger partial charge in [0.1, 0.15) is 6.10 Å². The topological polar surface area (TPSA) is 26.3 Å². The zero-order chi connectivity index (χ0) is 16.2. The molecule has 2 nitrogen and oxygen atoms in total. The van der Waals surface area contributed by atoms with Crippen LogP contribution in [0, 0.1) is 29.6 Å². The maximum atomic E-state index is 11.6. The summed E-state index contributed by atoms with van der Waals surface area (Å²) in [6, 6.07) is 0. The smallest absolute Gasteiger partial charge is 0.305 e. The molecule has 3 rings (SSSR count). The summed E-state index contributed by atoms with van der Waals surface area (Å²) in [5.74, 6) is 4.60. The molecule has 0 aromatic heterocycles. The molecule has 6 atom stereocenters. The molecule has 0 bridgehead atoms. The fourth-order valence-electron chi connectivity index (χ4n) is 5.91. The normalized spacial score (nSPS) is 41.7. The van der Waals surface area contributed by atoms with Gasteiger partial charge in [0.25, 0.3) is 0 Å². The second-order valence-electron chi connectivity index (χ2n) is 8.64. The Morgan fingerprint density at radius 1 is 0.870 bits per heavy atom. The Morgan fingerprint density at radius 2 is 1.52 bits per heavy atom. The number of esters is 1. The molecule has 0 heterocycles. The molecule has 0 aliphatic heterocycles. The zero-order valence-electron chi connectivity index (χ0n) is 15.3. The van der Waals surface area contributed by atoms with Crippen LogP contribution in [0.25, 0.3) is 0 Å². The number of rotatable bonds is 2. The number of ether oxygens (including phenoxy) is 1. The highest BCUT2D eigenvalue weighted by Crippen LogP contribution is 2.45. The molecule has 0 saturated heterocycles. The third-order valence-corrected chi connectivity index (χ3v) is 7.27. The Morgan fingerprint density at radius 3 is 2.22 bits per heavy atom. The second-order valence-corrected chi connectivity index (χ2v) is 8.64. The van der Waals surface area contributed by atoms with E-state index in [1.807, 2.05) is 6.92 Å². The molecule has 0 aromatic carbocycles. The maximum absolute atomic E-state index is 11.6. The van der Waals surface area contributed by atoms with E-state index in [0.717, 1.165) is 42.4 Å². The van der Waals surface area contributed by atoms with Crippen molar-refractivity contribution in [3.8, 4) is 0 Å². The van der Waals surface area contributed by atoms with Crippen molar-refractivity contribution in [1.82, 2.24) is 0 Å². The number of carbonyl (C=O) groups excluding carboxylic acids is 1. The van der Waals surface area contributed by atoms with Crippen molar-refractivity contribution in [2.24, 2.45) is 29.6 Å². The standard InChI is InChI=1S/C21H36O2/c1-3-21(22)23-19-12-13-20-15(2)10-11-17-8-4-6-16(17)7-5-9-18(20)14-19/h15-20H,3-14H2,1-2H3. The van der Waals surface area contributed by atoms with E-state index in [1.54, 1.807) is 0 Å². The molecular formula is C21H36O2. The molecule has 3 fully saturated rings. The lowest BCUT2D eigenvalue weighted by Gasteiger charge is -2.40. The minimum absolute atomic E-state index is 0.00448. The van der Waals surface area contributed by atoms with Gasteiger partial charge in [-0.05, 0) is 55.3 Å². The molecule has 6 unspecified atom stereocenters. The first-order chi connectivity index (χ1) is 11.2. The minimum Gasteiger partial charge on any atom is -0.462 e. The van der Waals surface area contributed by atoms with Gasteiger partial charge in [0, 0.05) is 6.42 Å². The predicted octanol–water partition coefficient (Wildman–Crippen LogP) is 5.74. The quantitative estimate of drug-likeness (QED) is 0.606. The number of hydrogen-bond acceptors (Lipinski definition) is 2. The van der Waals surface area contributed by atoms with Gasteiger partial charge in [0.2, 0.25) is 0 Å². The van der Waals surface area contributed by atoms with Gasteiger partial charge in [-0.1, -0.05) is 58.8 Å². The first-order valence-corrected chi connectivity index (χ1v) is 10.4. The highest BCUT2D eigenvalue weighted by molar-refractivity contribution is 5.69. The van der Waals surface area contributed by atoms with Crippen molar-refractivity contribution in [2.45, 2.75) is 97.0 Å². The van der Waals surface area contributed by atoms with Gasteiger partial charge >= 0.3 is 5.97 Å². The van der Waals surface area contributed by atoms with E-state index in [9.17, 15) is 4.79 Å². The summed E-state index contributed by atoms with van der Waals surface area (Å²) in [6.07, 6.45) is 15.9. The molecule has 3 aliphatic rings. The lowest BCUT2D eigenvalue weighted by atomic mass is 9.67. The first kappa shape index (κ1) is 17.3. The molecule has 0 aromatic rings. The predicted molar refractivity (Wildman–Crippen MR) is 94.1 cm³/mol. The number of carbonyl (C=O) groups is 1. The monoisotopic (exact) mass is 320 g/mol. The minimum atomic E-state index is -0.00448. The lowest BCUT2D eigenvalue weighted by Crippen LogP contribution is -2.35. The van der Waals surface area contributed by atoms with E-state index in [2.05, 4.69) is 6.92 Å². The summed E-state index contributed by atoms with van der Waals surface area (Å²) in [6.45, 7) is 4.40. The molecule has 23 heavy (non-hydrogen) atoms. The summed E-state index contributed by atoms with van der Waals surface area (Å²) in [5, 5.41) is 0. The van der Waals surface area contributed by atoms with Crippen LogP contribution in [0.2, 0.25) is 0 Å². The Hall–Kier alpha value is -0.530. The van der Waals surface area contributed by atoms with Crippen molar-refractivity contribution >= 4 is 5.97 Å². The molecule has 3 aliphatic carbocycles. The van der Waals surface area contributed by atoms with Gasteiger partial charge in [-0.3, -0.25) is 4.79 Å². The van der Waals surface area contributed by atoms with Gasteiger partial charge in [0.05, 0.1) is 0 Å². The van der Waals surface area contributed by atoms with Gasteiger partial charge in [-0.2, -0.15) is 0 Å². The van der Waals surface area contributed by atoms with Crippen LogP contribution in [0.1, 0.15) is 90.9 Å². The second kappa shape index (κ2) is 8.03. The summed E-state index contributed by atoms with van der Waals surface area (Å²) in [4.78, 5) is 11.6. The summed E-state index contributed by atoms with van der Waals surface area (Å²) in [7, 11) is 0. The van der Waals surface area contributed by atoms with E-state index in [1.165, 1.54) is 57.8 Å². The van der Waals surface area contributed by atoms with Crippen molar-refractivity contribution in [3.63, 3.8) is 0 Å². The number of hydrogen-bond donors (Lipinski definition) is 0. The lowest BCUT2D eigenvalue weighted by molar-refractivity contribution is -0.152. The Kier molecular flexibility index (Phi) is 6.04. The molecule has 0 radical (unpaired) electrons. The van der Waals surface area contributed by atoms with Crippen LogP contribution in [0.4, 0.5) is 0 Å². The van der Waals surface area contributed by atoms with Crippen LogP contribution in [0.5, 0.6) is 0 Å². The fourth-order valence-corrected chi connectivity index (χ4v) is 5.91. The molecular weight excluding hydrogens is 284 g/mol. The van der Waals surface area contributed by atoms with Crippen molar-refractivity contribution in [2.75, 3.05) is 0 Å². The Bertz CT molecular complexity index is 391.